The third kappa shape index (κ3) is 2.66. The van der Waals surface area contributed by atoms with E-state index in [2.05, 4.69) is 24.3 Å². The van der Waals surface area contributed by atoms with Crippen LogP contribution < -0.4 is 0 Å². The molecule has 0 amide bonds. The Kier molecular flexibility index (Phi) is 3.49. The Balaban J connectivity index is 1.47. The zero-order chi connectivity index (χ0) is 12.4. The van der Waals surface area contributed by atoms with Crippen molar-refractivity contribution in [3.8, 4) is 0 Å². The summed E-state index contributed by atoms with van der Waals surface area (Å²) in [6.07, 6.45) is 8.56. The van der Waals surface area contributed by atoms with Crippen molar-refractivity contribution in [2.75, 3.05) is 0 Å². The largest absolute Gasteiger partial charge is 0.299 e. The van der Waals surface area contributed by atoms with Gasteiger partial charge in [-0.1, -0.05) is 56.0 Å². The van der Waals surface area contributed by atoms with Crippen LogP contribution in [0.1, 0.15) is 56.4 Å². The molecule has 0 heterocycles. The molecule has 0 spiro atoms. The predicted molar refractivity (Wildman–Crippen MR) is 73.5 cm³/mol. The molecular weight excluding hydrogens is 220 g/mol. The highest BCUT2D eigenvalue weighted by molar-refractivity contribution is 5.85. The maximum atomic E-state index is 12.1. The quantitative estimate of drug-likeness (QED) is 0.751. The van der Waals surface area contributed by atoms with Crippen molar-refractivity contribution in [2.45, 2.75) is 50.9 Å². The molecule has 0 N–H and O–H groups in total. The van der Waals surface area contributed by atoms with Crippen LogP contribution in [0.3, 0.4) is 0 Å². The molecule has 2 saturated carbocycles. The number of carbonyl (C=O) groups excluding carboxylic acids is 1. The van der Waals surface area contributed by atoms with Crippen molar-refractivity contribution in [3.63, 3.8) is 0 Å². The monoisotopic (exact) mass is 242 g/mol. The lowest BCUT2D eigenvalue weighted by molar-refractivity contribution is -0.120. The average molecular weight is 242 g/mol. The Morgan fingerprint density at radius 2 is 1.83 bits per heavy atom. The first-order valence-electron chi connectivity index (χ1n) is 7.42. The fourth-order valence-corrected chi connectivity index (χ4v) is 3.45. The van der Waals surface area contributed by atoms with Gasteiger partial charge >= 0.3 is 0 Å². The van der Waals surface area contributed by atoms with Crippen molar-refractivity contribution >= 4 is 5.78 Å². The summed E-state index contributed by atoms with van der Waals surface area (Å²) < 4.78 is 0. The summed E-state index contributed by atoms with van der Waals surface area (Å²) in [5.74, 6) is 2.25. The van der Waals surface area contributed by atoms with Gasteiger partial charge in [0, 0.05) is 12.3 Å². The van der Waals surface area contributed by atoms with Crippen molar-refractivity contribution in [2.24, 2.45) is 11.8 Å². The summed E-state index contributed by atoms with van der Waals surface area (Å²) in [6.45, 7) is 0. The number of hydrogen-bond donors (Lipinski definition) is 0. The summed E-state index contributed by atoms with van der Waals surface area (Å²) in [7, 11) is 0. The maximum absolute atomic E-state index is 12.1. The topological polar surface area (TPSA) is 17.1 Å². The van der Waals surface area contributed by atoms with Crippen LogP contribution >= 0.6 is 0 Å². The molecule has 1 aromatic carbocycles. The third-order valence-corrected chi connectivity index (χ3v) is 4.71. The molecule has 0 radical (unpaired) electrons. The van der Waals surface area contributed by atoms with Crippen LogP contribution in [0, 0.1) is 11.8 Å². The number of rotatable bonds is 5. The Morgan fingerprint density at radius 1 is 1.11 bits per heavy atom. The zero-order valence-corrected chi connectivity index (χ0v) is 11.0. The van der Waals surface area contributed by atoms with Crippen LogP contribution in [0.2, 0.25) is 0 Å². The first kappa shape index (κ1) is 12.0. The van der Waals surface area contributed by atoms with E-state index in [0.717, 1.165) is 25.2 Å². The van der Waals surface area contributed by atoms with E-state index in [1.54, 1.807) is 0 Å². The van der Waals surface area contributed by atoms with E-state index >= 15 is 0 Å². The number of Topliss-reactive ketones (excluding diaryl/α,β-unsaturated/α-hetero) is 1. The van der Waals surface area contributed by atoms with Gasteiger partial charge in [0.25, 0.3) is 0 Å². The van der Waals surface area contributed by atoms with Crippen LogP contribution in [0.15, 0.2) is 30.3 Å². The van der Waals surface area contributed by atoms with E-state index in [9.17, 15) is 4.79 Å². The van der Waals surface area contributed by atoms with E-state index in [0.29, 0.717) is 17.6 Å². The van der Waals surface area contributed by atoms with Gasteiger partial charge in [0.05, 0.1) is 0 Å². The second-order valence-electron chi connectivity index (χ2n) is 6.01. The van der Waals surface area contributed by atoms with Gasteiger partial charge in [0.2, 0.25) is 0 Å². The molecule has 96 valence electrons. The number of carbonyl (C=O) groups is 1. The van der Waals surface area contributed by atoms with Crippen LogP contribution in [0.25, 0.3) is 0 Å². The number of benzene rings is 1. The molecule has 0 aliphatic heterocycles. The minimum Gasteiger partial charge on any atom is -0.299 e. The van der Waals surface area contributed by atoms with Crippen LogP contribution in [-0.2, 0) is 4.79 Å². The normalized spacial score (nSPS) is 27.3. The van der Waals surface area contributed by atoms with E-state index in [4.69, 9.17) is 0 Å². The molecule has 2 atom stereocenters. The Morgan fingerprint density at radius 3 is 2.56 bits per heavy atom. The lowest BCUT2D eigenvalue weighted by Gasteiger charge is -2.07. The fourth-order valence-electron chi connectivity index (χ4n) is 3.45. The second-order valence-corrected chi connectivity index (χ2v) is 6.01. The smallest absolute Gasteiger partial charge is 0.136 e. The molecule has 1 nitrogen and oxygen atoms in total. The van der Waals surface area contributed by atoms with Gasteiger partial charge in [-0.3, -0.25) is 4.79 Å². The second kappa shape index (κ2) is 5.26. The van der Waals surface area contributed by atoms with Crippen molar-refractivity contribution in [1.82, 2.24) is 0 Å². The summed E-state index contributed by atoms with van der Waals surface area (Å²) in [6, 6.07) is 10.5. The minimum absolute atomic E-state index is 0.341. The first-order chi connectivity index (χ1) is 8.84. The molecule has 2 fully saturated rings. The highest BCUT2D eigenvalue weighted by Crippen LogP contribution is 2.48. The molecule has 0 saturated heterocycles. The van der Waals surface area contributed by atoms with Gasteiger partial charge in [0.15, 0.2) is 0 Å². The molecule has 3 rings (SSSR count). The van der Waals surface area contributed by atoms with E-state index in [-0.39, 0.29) is 0 Å². The number of ketones is 1. The zero-order valence-electron chi connectivity index (χ0n) is 11.0. The lowest BCUT2D eigenvalue weighted by atomic mass is 9.97. The van der Waals surface area contributed by atoms with Gasteiger partial charge in [-0.25, -0.2) is 0 Å². The Bertz CT molecular complexity index is 403. The summed E-state index contributed by atoms with van der Waals surface area (Å²) in [5.41, 5.74) is 1.36. The van der Waals surface area contributed by atoms with Gasteiger partial charge < -0.3 is 0 Å². The van der Waals surface area contributed by atoms with Crippen molar-refractivity contribution in [3.05, 3.63) is 35.9 Å². The third-order valence-electron chi connectivity index (χ3n) is 4.71. The molecule has 18 heavy (non-hydrogen) atoms. The SMILES string of the molecule is O=C(CCC1CCCC1)C1CC1c1ccccc1. The summed E-state index contributed by atoms with van der Waals surface area (Å²) in [5, 5.41) is 0. The average Bonchev–Trinajstić information content (AvgIpc) is 3.05. The molecule has 2 unspecified atom stereocenters. The Labute approximate surface area is 110 Å². The molecule has 1 aromatic rings. The predicted octanol–water partition coefficient (Wildman–Crippen LogP) is 4.33. The highest BCUT2D eigenvalue weighted by atomic mass is 16.1. The fraction of sp³-hybridized carbons (Fsp3) is 0.588. The maximum Gasteiger partial charge on any atom is 0.136 e. The lowest BCUT2D eigenvalue weighted by Crippen LogP contribution is -2.05. The minimum atomic E-state index is 0.341. The van der Waals surface area contributed by atoms with Crippen LogP contribution in [0.5, 0.6) is 0 Å². The molecule has 0 aromatic heterocycles. The van der Waals surface area contributed by atoms with Crippen LogP contribution in [0.4, 0.5) is 0 Å². The van der Waals surface area contributed by atoms with Gasteiger partial charge in [0.1, 0.15) is 5.78 Å². The molecular formula is C17H22O. The van der Waals surface area contributed by atoms with Crippen LogP contribution in [-0.4, -0.2) is 5.78 Å². The van der Waals surface area contributed by atoms with Gasteiger partial charge in [-0.2, -0.15) is 0 Å². The molecule has 1 heteroatoms. The highest BCUT2D eigenvalue weighted by Gasteiger charge is 2.43. The summed E-state index contributed by atoms with van der Waals surface area (Å²) in [4.78, 5) is 12.1. The number of hydrogen-bond acceptors (Lipinski definition) is 1. The molecule has 2 aliphatic rings. The van der Waals surface area contributed by atoms with Crippen molar-refractivity contribution < 1.29 is 4.79 Å². The van der Waals surface area contributed by atoms with E-state index in [1.807, 2.05) is 6.07 Å². The van der Waals surface area contributed by atoms with E-state index < -0.39 is 0 Å². The van der Waals surface area contributed by atoms with Gasteiger partial charge in [-0.05, 0) is 30.2 Å². The van der Waals surface area contributed by atoms with E-state index in [1.165, 1.54) is 31.2 Å². The molecule has 2 aliphatic carbocycles. The van der Waals surface area contributed by atoms with Crippen molar-refractivity contribution in [1.29, 1.82) is 0 Å². The van der Waals surface area contributed by atoms with Gasteiger partial charge in [-0.15, -0.1) is 0 Å². The first-order valence-corrected chi connectivity index (χ1v) is 7.42. The molecule has 0 bridgehead atoms. The summed E-state index contributed by atoms with van der Waals surface area (Å²) >= 11 is 0. The Hall–Kier alpha value is -1.11. The standard InChI is InChI=1S/C17H22O/c18-17(11-10-13-6-4-5-7-13)16-12-15(16)14-8-2-1-3-9-14/h1-3,8-9,13,15-16H,4-7,10-12H2.